The lowest BCUT2D eigenvalue weighted by Crippen LogP contribution is -2.32. The number of aromatic nitrogens is 3. The zero-order chi connectivity index (χ0) is 14.1. The smallest absolute Gasteiger partial charge is 0.250 e. The first-order valence-corrected chi connectivity index (χ1v) is 6.86. The van der Waals surface area contributed by atoms with Crippen molar-refractivity contribution in [3.8, 4) is 0 Å². The second kappa shape index (κ2) is 5.07. The Labute approximate surface area is 117 Å². The molecule has 20 heavy (non-hydrogen) atoms. The van der Waals surface area contributed by atoms with E-state index in [1.165, 1.54) is 5.56 Å². The third kappa shape index (κ3) is 2.43. The van der Waals surface area contributed by atoms with Gasteiger partial charge in [0.2, 0.25) is 11.5 Å². The molecule has 0 saturated heterocycles. The van der Waals surface area contributed by atoms with Crippen LogP contribution >= 0.6 is 0 Å². The molecule has 1 N–H and O–H groups in total. The molecule has 1 atom stereocenters. The Morgan fingerprint density at radius 2 is 2.05 bits per heavy atom. The normalized spacial score (nSPS) is 17.6. The number of nitrogens with zero attached hydrogens (tertiary/aromatic N) is 3. The van der Waals surface area contributed by atoms with E-state index in [4.69, 9.17) is 0 Å². The molecule has 0 bridgehead atoms. The molecule has 0 spiro atoms. The minimum absolute atomic E-state index is 0.0667. The fourth-order valence-electron chi connectivity index (χ4n) is 2.69. The standard InChI is InChI=1S/C15H18N4O/c1-10-8-16-15(17-9-10)18-12-4-5-13-11(7-12)3-6-14(20)19(13)2/h3,6,8-9,12H,4-5,7H2,1-2H3,(H,16,17,18)/t12-/m1/s1. The number of aryl methyl sites for hydroxylation is 1. The van der Waals surface area contributed by atoms with Crippen LogP contribution in [0.1, 0.15) is 23.2 Å². The Balaban J connectivity index is 1.77. The number of anilines is 1. The highest BCUT2D eigenvalue weighted by molar-refractivity contribution is 5.32. The predicted molar refractivity (Wildman–Crippen MR) is 77.9 cm³/mol. The summed E-state index contributed by atoms with van der Waals surface area (Å²) in [6, 6.07) is 3.91. The fourth-order valence-corrected chi connectivity index (χ4v) is 2.69. The minimum atomic E-state index is 0.0667. The van der Waals surface area contributed by atoms with Crippen LogP contribution in [0.3, 0.4) is 0 Å². The maximum atomic E-state index is 11.6. The van der Waals surface area contributed by atoms with Gasteiger partial charge in [0.05, 0.1) is 0 Å². The molecule has 0 fully saturated rings. The van der Waals surface area contributed by atoms with E-state index in [-0.39, 0.29) is 5.56 Å². The molecule has 2 aromatic heterocycles. The van der Waals surface area contributed by atoms with Crippen molar-refractivity contribution in [3.63, 3.8) is 0 Å². The minimum Gasteiger partial charge on any atom is -0.351 e. The maximum Gasteiger partial charge on any atom is 0.250 e. The number of pyridine rings is 1. The number of fused-ring (bicyclic) bond motifs is 1. The quantitative estimate of drug-likeness (QED) is 0.897. The summed E-state index contributed by atoms with van der Waals surface area (Å²) in [5.41, 5.74) is 3.51. The van der Waals surface area contributed by atoms with E-state index >= 15 is 0 Å². The van der Waals surface area contributed by atoms with Crippen molar-refractivity contribution < 1.29 is 0 Å². The molecule has 0 saturated carbocycles. The highest BCUT2D eigenvalue weighted by atomic mass is 16.1. The predicted octanol–water partition coefficient (Wildman–Crippen LogP) is 1.45. The first-order valence-electron chi connectivity index (χ1n) is 6.86. The molecule has 3 rings (SSSR count). The van der Waals surface area contributed by atoms with Crippen molar-refractivity contribution in [3.05, 3.63) is 51.7 Å². The van der Waals surface area contributed by atoms with E-state index in [0.29, 0.717) is 12.0 Å². The summed E-state index contributed by atoms with van der Waals surface area (Å²) in [7, 11) is 1.85. The molecular formula is C15H18N4O. The summed E-state index contributed by atoms with van der Waals surface area (Å²) < 4.78 is 1.76. The Kier molecular flexibility index (Phi) is 3.26. The van der Waals surface area contributed by atoms with Crippen LogP contribution in [0, 0.1) is 6.92 Å². The van der Waals surface area contributed by atoms with Gasteiger partial charge in [0.25, 0.3) is 0 Å². The van der Waals surface area contributed by atoms with Crippen molar-refractivity contribution in [1.82, 2.24) is 14.5 Å². The number of rotatable bonds is 2. The number of hydrogen-bond acceptors (Lipinski definition) is 4. The first-order chi connectivity index (χ1) is 9.63. The molecule has 5 nitrogen and oxygen atoms in total. The van der Waals surface area contributed by atoms with Gasteiger partial charge in [-0.2, -0.15) is 0 Å². The summed E-state index contributed by atoms with van der Waals surface area (Å²) in [5.74, 6) is 0.675. The van der Waals surface area contributed by atoms with E-state index in [0.717, 1.165) is 30.5 Å². The summed E-state index contributed by atoms with van der Waals surface area (Å²) in [6.45, 7) is 1.97. The van der Waals surface area contributed by atoms with Crippen molar-refractivity contribution >= 4 is 5.95 Å². The van der Waals surface area contributed by atoms with Gasteiger partial charge in [0, 0.05) is 37.2 Å². The zero-order valence-corrected chi connectivity index (χ0v) is 11.8. The molecule has 1 aliphatic rings. The lowest BCUT2D eigenvalue weighted by atomic mass is 9.91. The van der Waals surface area contributed by atoms with Crippen molar-refractivity contribution in [1.29, 1.82) is 0 Å². The Hall–Kier alpha value is -2.17. The highest BCUT2D eigenvalue weighted by Crippen LogP contribution is 2.21. The van der Waals surface area contributed by atoms with Crippen molar-refractivity contribution in [2.75, 3.05) is 5.32 Å². The van der Waals surface area contributed by atoms with Gasteiger partial charge in [-0.1, -0.05) is 6.07 Å². The van der Waals surface area contributed by atoms with Gasteiger partial charge in [-0.15, -0.1) is 0 Å². The number of nitrogens with one attached hydrogen (secondary N) is 1. The largest absolute Gasteiger partial charge is 0.351 e. The first kappa shape index (κ1) is 12.8. The Morgan fingerprint density at radius 1 is 1.30 bits per heavy atom. The van der Waals surface area contributed by atoms with Crippen LogP contribution in [-0.2, 0) is 19.9 Å². The Morgan fingerprint density at radius 3 is 2.80 bits per heavy atom. The molecule has 104 valence electrons. The molecule has 2 heterocycles. The molecule has 0 radical (unpaired) electrons. The molecule has 0 amide bonds. The number of hydrogen-bond donors (Lipinski definition) is 1. The summed E-state index contributed by atoms with van der Waals surface area (Å²) in [6.07, 6.45) is 6.43. The van der Waals surface area contributed by atoms with Gasteiger partial charge in [0.1, 0.15) is 0 Å². The van der Waals surface area contributed by atoms with Crippen LogP contribution in [0.4, 0.5) is 5.95 Å². The van der Waals surface area contributed by atoms with Gasteiger partial charge in [0.15, 0.2) is 0 Å². The highest BCUT2D eigenvalue weighted by Gasteiger charge is 2.21. The van der Waals surface area contributed by atoms with Crippen LogP contribution in [-0.4, -0.2) is 20.6 Å². The van der Waals surface area contributed by atoms with E-state index in [2.05, 4.69) is 15.3 Å². The van der Waals surface area contributed by atoms with Crippen molar-refractivity contribution in [2.45, 2.75) is 32.2 Å². The van der Waals surface area contributed by atoms with E-state index < -0.39 is 0 Å². The molecule has 0 aliphatic heterocycles. The third-order valence-electron chi connectivity index (χ3n) is 3.84. The van der Waals surface area contributed by atoms with E-state index in [9.17, 15) is 4.79 Å². The summed E-state index contributed by atoms with van der Waals surface area (Å²) in [4.78, 5) is 20.2. The van der Waals surface area contributed by atoms with Gasteiger partial charge >= 0.3 is 0 Å². The SMILES string of the molecule is Cc1cnc(N[C@@H]2CCc3c(ccc(=O)n3C)C2)nc1. The lowest BCUT2D eigenvalue weighted by Gasteiger charge is -2.26. The molecule has 2 aromatic rings. The second-order valence-corrected chi connectivity index (χ2v) is 5.37. The third-order valence-corrected chi connectivity index (χ3v) is 3.84. The monoisotopic (exact) mass is 270 g/mol. The van der Waals surface area contributed by atoms with Gasteiger partial charge in [-0.25, -0.2) is 9.97 Å². The average molecular weight is 270 g/mol. The van der Waals surface area contributed by atoms with E-state index in [1.807, 2.05) is 32.4 Å². The van der Waals surface area contributed by atoms with Gasteiger partial charge in [-0.3, -0.25) is 4.79 Å². The molecule has 0 unspecified atom stereocenters. The van der Waals surface area contributed by atoms with Gasteiger partial charge < -0.3 is 9.88 Å². The Bertz CT molecular complexity index is 675. The molecule has 0 aromatic carbocycles. The zero-order valence-electron chi connectivity index (χ0n) is 11.8. The summed E-state index contributed by atoms with van der Waals surface area (Å²) in [5, 5.41) is 3.37. The van der Waals surface area contributed by atoms with Crippen LogP contribution < -0.4 is 10.9 Å². The van der Waals surface area contributed by atoms with Crippen LogP contribution in [0.5, 0.6) is 0 Å². The molecule has 5 heteroatoms. The fraction of sp³-hybridized carbons (Fsp3) is 0.400. The van der Waals surface area contributed by atoms with E-state index in [1.54, 1.807) is 10.6 Å². The van der Waals surface area contributed by atoms with Gasteiger partial charge in [-0.05, 0) is 37.3 Å². The van der Waals surface area contributed by atoms with Crippen LogP contribution in [0.2, 0.25) is 0 Å². The average Bonchev–Trinajstić information content (AvgIpc) is 2.46. The maximum absolute atomic E-state index is 11.6. The van der Waals surface area contributed by atoms with Crippen molar-refractivity contribution in [2.24, 2.45) is 7.05 Å². The topological polar surface area (TPSA) is 59.8 Å². The molecule has 1 aliphatic carbocycles. The molecular weight excluding hydrogens is 252 g/mol. The second-order valence-electron chi connectivity index (χ2n) is 5.37. The lowest BCUT2D eigenvalue weighted by molar-refractivity contribution is 0.569. The summed E-state index contributed by atoms with van der Waals surface area (Å²) >= 11 is 0. The van der Waals surface area contributed by atoms with Crippen LogP contribution in [0.15, 0.2) is 29.3 Å². The van der Waals surface area contributed by atoms with Crippen LogP contribution in [0.25, 0.3) is 0 Å².